The predicted octanol–water partition coefficient (Wildman–Crippen LogP) is 3.96. The lowest BCUT2D eigenvalue weighted by molar-refractivity contribution is -0.117. The van der Waals surface area contributed by atoms with E-state index in [0.29, 0.717) is 18.8 Å². The van der Waals surface area contributed by atoms with Gasteiger partial charge in [-0.2, -0.15) is 4.98 Å². The first-order chi connectivity index (χ1) is 12.7. The largest absolute Gasteiger partial charge is 0.334 e. The summed E-state index contributed by atoms with van der Waals surface area (Å²) in [6.45, 7) is 2.57. The molecule has 0 N–H and O–H groups in total. The summed E-state index contributed by atoms with van der Waals surface area (Å²) in [5.74, 6) is 0.0171. The molecule has 1 saturated heterocycles. The number of carbonyl (C=O) groups is 1. The van der Waals surface area contributed by atoms with E-state index in [2.05, 4.69) is 17.1 Å². The number of aryl methyl sites for hydroxylation is 1. The van der Waals surface area contributed by atoms with Gasteiger partial charge in [0, 0.05) is 24.6 Å². The number of nitrogens with zero attached hydrogens (tertiary/aromatic N) is 3. The monoisotopic (exact) mass is 351 g/mol. The molecule has 3 aromatic rings. The molecular formula is C20H18FN3O2. The van der Waals surface area contributed by atoms with E-state index in [1.54, 1.807) is 23.1 Å². The molecule has 2 heterocycles. The third-order valence-corrected chi connectivity index (χ3v) is 4.67. The molecule has 0 saturated carbocycles. The highest BCUT2D eigenvalue weighted by Crippen LogP contribution is 2.32. The number of rotatable bonds is 4. The Balaban J connectivity index is 1.57. The summed E-state index contributed by atoms with van der Waals surface area (Å²) in [6.07, 6.45) is 1.22. The highest BCUT2D eigenvalue weighted by molar-refractivity contribution is 5.96. The fourth-order valence-corrected chi connectivity index (χ4v) is 3.22. The summed E-state index contributed by atoms with van der Waals surface area (Å²) in [6, 6.07) is 14.2. The van der Waals surface area contributed by atoms with E-state index in [0.717, 1.165) is 12.1 Å². The van der Waals surface area contributed by atoms with E-state index in [1.807, 2.05) is 24.3 Å². The van der Waals surface area contributed by atoms with Crippen LogP contribution in [0, 0.1) is 5.82 Å². The van der Waals surface area contributed by atoms with Crippen LogP contribution in [0.3, 0.4) is 0 Å². The van der Waals surface area contributed by atoms with Crippen LogP contribution in [-0.2, 0) is 11.2 Å². The molecule has 0 aliphatic carbocycles. The van der Waals surface area contributed by atoms with Crippen LogP contribution < -0.4 is 4.90 Å². The number of amides is 1. The topological polar surface area (TPSA) is 59.2 Å². The van der Waals surface area contributed by atoms with E-state index in [-0.39, 0.29) is 23.3 Å². The van der Waals surface area contributed by atoms with Gasteiger partial charge in [-0.1, -0.05) is 36.3 Å². The minimum atomic E-state index is -0.414. The molecule has 6 heteroatoms. The van der Waals surface area contributed by atoms with E-state index >= 15 is 0 Å². The summed E-state index contributed by atoms with van der Waals surface area (Å²) in [5.41, 5.74) is 2.33. The number of anilines is 1. The molecule has 2 aromatic carbocycles. The fourth-order valence-electron chi connectivity index (χ4n) is 3.22. The predicted molar refractivity (Wildman–Crippen MR) is 95.2 cm³/mol. The number of benzene rings is 2. The first kappa shape index (κ1) is 16.4. The van der Waals surface area contributed by atoms with E-state index < -0.39 is 5.82 Å². The summed E-state index contributed by atoms with van der Waals surface area (Å²) in [7, 11) is 0. The van der Waals surface area contributed by atoms with Crippen LogP contribution in [-0.4, -0.2) is 22.6 Å². The zero-order valence-electron chi connectivity index (χ0n) is 14.4. The van der Waals surface area contributed by atoms with Crippen LogP contribution in [0.5, 0.6) is 0 Å². The molecule has 1 aromatic heterocycles. The number of hydrogen-bond donors (Lipinski definition) is 0. The Labute approximate surface area is 150 Å². The van der Waals surface area contributed by atoms with Gasteiger partial charge in [0.2, 0.25) is 5.91 Å². The van der Waals surface area contributed by atoms with Crippen molar-refractivity contribution in [3.05, 3.63) is 65.7 Å². The van der Waals surface area contributed by atoms with Crippen molar-refractivity contribution >= 4 is 11.6 Å². The second-order valence-corrected chi connectivity index (χ2v) is 6.37. The van der Waals surface area contributed by atoms with Crippen molar-refractivity contribution in [2.45, 2.75) is 25.7 Å². The van der Waals surface area contributed by atoms with Gasteiger partial charge in [0.25, 0.3) is 5.89 Å². The van der Waals surface area contributed by atoms with Crippen LogP contribution in [0.1, 0.15) is 30.7 Å². The molecule has 4 rings (SSSR count). The van der Waals surface area contributed by atoms with Gasteiger partial charge in [-0.25, -0.2) is 4.39 Å². The van der Waals surface area contributed by atoms with E-state index in [9.17, 15) is 9.18 Å². The quantitative estimate of drug-likeness (QED) is 0.714. The molecule has 0 spiro atoms. The average Bonchev–Trinajstić information content (AvgIpc) is 3.29. The molecule has 0 radical (unpaired) electrons. The molecule has 1 unspecified atom stereocenters. The van der Waals surface area contributed by atoms with Gasteiger partial charge in [-0.15, -0.1) is 0 Å². The Hall–Kier alpha value is -3.02. The maximum absolute atomic E-state index is 13.9. The average molecular weight is 351 g/mol. The second-order valence-electron chi connectivity index (χ2n) is 6.37. The van der Waals surface area contributed by atoms with Crippen LogP contribution in [0.4, 0.5) is 10.1 Å². The molecule has 1 amide bonds. The lowest BCUT2D eigenvalue weighted by Crippen LogP contribution is -2.24. The number of hydrogen-bond acceptors (Lipinski definition) is 4. The maximum atomic E-state index is 13.9. The third-order valence-electron chi connectivity index (χ3n) is 4.67. The van der Waals surface area contributed by atoms with Gasteiger partial charge in [-0.05, 0) is 36.2 Å². The number of carbonyl (C=O) groups excluding carboxylic acids is 1. The Morgan fingerprint density at radius 2 is 2.08 bits per heavy atom. The highest BCUT2D eigenvalue weighted by Gasteiger charge is 2.34. The maximum Gasteiger partial charge on any atom is 0.260 e. The van der Waals surface area contributed by atoms with Gasteiger partial charge in [0.1, 0.15) is 5.82 Å². The zero-order chi connectivity index (χ0) is 18.1. The number of aromatic nitrogens is 2. The van der Waals surface area contributed by atoms with E-state index in [4.69, 9.17) is 4.52 Å². The summed E-state index contributed by atoms with van der Waals surface area (Å²) >= 11 is 0. The highest BCUT2D eigenvalue weighted by atomic mass is 19.1. The van der Waals surface area contributed by atoms with Gasteiger partial charge >= 0.3 is 0 Å². The van der Waals surface area contributed by atoms with Crippen molar-refractivity contribution in [1.82, 2.24) is 10.1 Å². The first-order valence-corrected chi connectivity index (χ1v) is 8.63. The molecule has 132 valence electrons. The lowest BCUT2D eigenvalue weighted by Gasteiger charge is -2.17. The molecule has 1 fully saturated rings. The second kappa shape index (κ2) is 6.71. The van der Waals surface area contributed by atoms with Gasteiger partial charge in [0.15, 0.2) is 5.82 Å². The molecule has 1 aliphatic rings. The first-order valence-electron chi connectivity index (χ1n) is 8.63. The van der Waals surface area contributed by atoms with Gasteiger partial charge < -0.3 is 9.42 Å². The van der Waals surface area contributed by atoms with E-state index in [1.165, 1.54) is 11.6 Å². The standard InChI is InChI=1S/C20H18FN3O2/c1-2-13-6-5-7-15(10-13)24-12-14(11-18(24)25)19-22-20(26-23-19)16-8-3-4-9-17(16)21/h3-10,14H,2,11-12H2,1H3. The van der Waals surface area contributed by atoms with Crippen molar-refractivity contribution in [3.63, 3.8) is 0 Å². The van der Waals surface area contributed by atoms with Crippen molar-refractivity contribution in [2.24, 2.45) is 0 Å². The Morgan fingerprint density at radius 1 is 1.23 bits per heavy atom. The Kier molecular flexibility index (Phi) is 4.24. The number of halogens is 1. The zero-order valence-corrected chi connectivity index (χ0v) is 14.4. The van der Waals surface area contributed by atoms with Crippen molar-refractivity contribution in [2.75, 3.05) is 11.4 Å². The van der Waals surface area contributed by atoms with Gasteiger partial charge in [-0.3, -0.25) is 4.79 Å². The van der Waals surface area contributed by atoms with Crippen LogP contribution >= 0.6 is 0 Å². The summed E-state index contributed by atoms with van der Waals surface area (Å²) in [5, 5.41) is 3.98. The van der Waals surface area contributed by atoms with Crippen LogP contribution in [0.25, 0.3) is 11.5 Å². The lowest BCUT2D eigenvalue weighted by atomic mass is 10.1. The van der Waals surface area contributed by atoms with Crippen LogP contribution in [0.15, 0.2) is 53.1 Å². The summed E-state index contributed by atoms with van der Waals surface area (Å²) in [4.78, 5) is 18.5. The van der Waals surface area contributed by atoms with Crippen LogP contribution in [0.2, 0.25) is 0 Å². The molecule has 0 bridgehead atoms. The Morgan fingerprint density at radius 3 is 2.88 bits per heavy atom. The SMILES string of the molecule is CCc1cccc(N2CC(c3noc(-c4ccccc4F)n3)CC2=O)c1. The normalized spacial score (nSPS) is 17.1. The Bertz CT molecular complexity index is 953. The fraction of sp³-hybridized carbons (Fsp3) is 0.250. The molecule has 26 heavy (non-hydrogen) atoms. The molecule has 1 aliphatic heterocycles. The molecular weight excluding hydrogens is 333 g/mol. The van der Waals surface area contributed by atoms with Gasteiger partial charge in [0.05, 0.1) is 5.56 Å². The molecule has 5 nitrogen and oxygen atoms in total. The van der Waals surface area contributed by atoms with Crippen molar-refractivity contribution in [3.8, 4) is 11.5 Å². The smallest absolute Gasteiger partial charge is 0.260 e. The van der Waals surface area contributed by atoms with Crippen molar-refractivity contribution in [1.29, 1.82) is 0 Å². The third kappa shape index (κ3) is 2.98. The minimum absolute atomic E-state index is 0.0282. The minimum Gasteiger partial charge on any atom is -0.334 e. The summed E-state index contributed by atoms with van der Waals surface area (Å²) < 4.78 is 19.1. The molecule has 1 atom stereocenters. The van der Waals surface area contributed by atoms with Crippen molar-refractivity contribution < 1.29 is 13.7 Å².